The normalized spacial score (nSPS) is 13.5. The summed E-state index contributed by atoms with van der Waals surface area (Å²) < 4.78 is 0. The quantitative estimate of drug-likeness (QED) is 0.163. The van der Waals surface area contributed by atoms with Crippen LogP contribution in [0.3, 0.4) is 0 Å². The Hall–Kier alpha value is -0.480. The minimum absolute atomic E-state index is 0.235. The van der Waals surface area contributed by atoms with Crippen LogP contribution in [0, 0.1) is 0 Å². The summed E-state index contributed by atoms with van der Waals surface area (Å²) in [6.07, 6.45) is 0. The van der Waals surface area contributed by atoms with Gasteiger partial charge in [0.1, 0.15) is 6.04 Å². The molecule has 0 spiro atoms. The Bertz CT molecular complexity index is 307. The Morgan fingerprint density at radius 1 is 0.857 bits per heavy atom. The summed E-state index contributed by atoms with van der Waals surface area (Å²) in [5, 5.41) is 14.4. The number of amides is 2. The standard InChI is InChI=1S/C12H27N5O2S2/c1-13-3-5-15-9(7-20)12(19)17-10(8-21)11(18)16-6-4-14-2/h9-10,13-15,20-21H,3-8H2,1-2H3,(H,16,18)(H,17,19). The molecule has 0 aliphatic carbocycles. The van der Waals surface area contributed by atoms with Crippen LogP contribution in [0.4, 0.5) is 0 Å². The van der Waals surface area contributed by atoms with Gasteiger partial charge in [-0.15, -0.1) is 0 Å². The first-order valence-corrected chi connectivity index (χ1v) is 8.19. The summed E-state index contributed by atoms with van der Waals surface area (Å²) in [6.45, 7) is 2.57. The molecule has 0 saturated carbocycles. The zero-order chi connectivity index (χ0) is 16.1. The van der Waals surface area contributed by atoms with Crippen molar-refractivity contribution < 1.29 is 9.59 Å². The van der Waals surface area contributed by atoms with E-state index >= 15 is 0 Å². The number of likely N-dealkylation sites (N-methyl/N-ethyl adjacent to an activating group) is 2. The largest absolute Gasteiger partial charge is 0.353 e. The fourth-order valence-electron chi connectivity index (χ4n) is 1.51. The van der Waals surface area contributed by atoms with Crippen LogP contribution < -0.4 is 26.6 Å². The Kier molecular flexibility index (Phi) is 12.9. The number of hydrogen-bond donors (Lipinski definition) is 7. The third-order valence-corrected chi connectivity index (χ3v) is 3.48. The van der Waals surface area contributed by atoms with E-state index in [4.69, 9.17) is 0 Å². The molecule has 0 aliphatic rings. The molecular formula is C12H27N5O2S2. The fourth-order valence-corrected chi connectivity index (χ4v) is 2.06. The van der Waals surface area contributed by atoms with Crippen LogP contribution in [0.25, 0.3) is 0 Å². The summed E-state index contributed by atoms with van der Waals surface area (Å²) in [5.41, 5.74) is 0. The van der Waals surface area contributed by atoms with E-state index in [0.717, 1.165) is 6.54 Å². The maximum Gasteiger partial charge on any atom is 0.243 e. The van der Waals surface area contributed by atoms with Gasteiger partial charge in [-0.3, -0.25) is 9.59 Å². The van der Waals surface area contributed by atoms with Gasteiger partial charge < -0.3 is 26.6 Å². The lowest BCUT2D eigenvalue weighted by molar-refractivity contribution is -0.129. The number of carbonyl (C=O) groups is 2. The average Bonchev–Trinajstić information content (AvgIpc) is 2.49. The minimum Gasteiger partial charge on any atom is -0.353 e. The summed E-state index contributed by atoms with van der Waals surface area (Å²) in [7, 11) is 3.64. The zero-order valence-electron chi connectivity index (χ0n) is 12.6. The molecule has 7 nitrogen and oxygen atoms in total. The van der Waals surface area contributed by atoms with E-state index < -0.39 is 12.1 Å². The third-order valence-electron chi connectivity index (χ3n) is 2.75. The topological polar surface area (TPSA) is 94.3 Å². The summed E-state index contributed by atoms with van der Waals surface area (Å²) in [5.74, 6) is 0.119. The van der Waals surface area contributed by atoms with Crippen molar-refractivity contribution in [1.82, 2.24) is 26.6 Å². The van der Waals surface area contributed by atoms with Crippen molar-refractivity contribution in [3.63, 3.8) is 0 Å². The summed E-state index contributed by atoms with van der Waals surface area (Å²) in [4.78, 5) is 24.0. The molecule has 0 rings (SSSR count). The maximum absolute atomic E-state index is 12.1. The van der Waals surface area contributed by atoms with Crippen molar-refractivity contribution in [2.24, 2.45) is 0 Å². The lowest BCUT2D eigenvalue weighted by Gasteiger charge is -2.21. The number of rotatable bonds is 12. The average molecular weight is 338 g/mol. The van der Waals surface area contributed by atoms with E-state index in [1.165, 1.54) is 0 Å². The van der Waals surface area contributed by atoms with Crippen molar-refractivity contribution >= 4 is 37.1 Å². The monoisotopic (exact) mass is 337 g/mol. The van der Waals surface area contributed by atoms with Crippen molar-refractivity contribution in [3.8, 4) is 0 Å². The molecule has 0 bridgehead atoms. The molecule has 21 heavy (non-hydrogen) atoms. The van der Waals surface area contributed by atoms with Crippen LogP contribution in [0.15, 0.2) is 0 Å². The minimum atomic E-state index is -0.647. The van der Waals surface area contributed by atoms with Gasteiger partial charge in [0.2, 0.25) is 11.8 Å². The van der Waals surface area contributed by atoms with Crippen LogP contribution in [0.5, 0.6) is 0 Å². The highest BCUT2D eigenvalue weighted by Gasteiger charge is 2.23. The van der Waals surface area contributed by atoms with E-state index in [9.17, 15) is 9.59 Å². The first kappa shape index (κ1) is 20.5. The van der Waals surface area contributed by atoms with Gasteiger partial charge in [0.15, 0.2) is 0 Å². The van der Waals surface area contributed by atoms with Crippen LogP contribution >= 0.6 is 25.3 Å². The highest BCUT2D eigenvalue weighted by Crippen LogP contribution is 1.94. The van der Waals surface area contributed by atoms with E-state index in [1.807, 2.05) is 7.05 Å². The van der Waals surface area contributed by atoms with Crippen LogP contribution in [-0.2, 0) is 9.59 Å². The fraction of sp³-hybridized carbons (Fsp3) is 0.833. The molecular weight excluding hydrogens is 310 g/mol. The molecule has 2 atom stereocenters. The van der Waals surface area contributed by atoms with Gasteiger partial charge in [0.05, 0.1) is 6.04 Å². The van der Waals surface area contributed by atoms with E-state index in [2.05, 4.69) is 51.8 Å². The predicted molar refractivity (Wildman–Crippen MR) is 92.3 cm³/mol. The molecule has 5 N–H and O–H groups in total. The van der Waals surface area contributed by atoms with Crippen molar-refractivity contribution in [2.75, 3.05) is 51.8 Å². The molecule has 0 fully saturated rings. The van der Waals surface area contributed by atoms with Gasteiger partial charge >= 0.3 is 0 Å². The molecule has 9 heteroatoms. The molecule has 0 aromatic rings. The molecule has 0 aromatic heterocycles. The summed E-state index contributed by atoms with van der Waals surface area (Å²) >= 11 is 8.28. The van der Waals surface area contributed by atoms with Crippen LogP contribution in [0.2, 0.25) is 0 Å². The number of nitrogens with one attached hydrogen (secondary N) is 5. The van der Waals surface area contributed by atoms with E-state index in [1.54, 1.807) is 7.05 Å². The molecule has 0 aromatic carbocycles. The highest BCUT2D eigenvalue weighted by molar-refractivity contribution is 7.80. The smallest absolute Gasteiger partial charge is 0.243 e. The molecule has 2 amide bonds. The van der Waals surface area contributed by atoms with Gasteiger partial charge in [-0.1, -0.05) is 0 Å². The number of hydrogen-bond acceptors (Lipinski definition) is 7. The van der Waals surface area contributed by atoms with Gasteiger partial charge in [-0.2, -0.15) is 25.3 Å². The second kappa shape index (κ2) is 13.2. The summed E-state index contributed by atoms with van der Waals surface area (Å²) in [6, 6.07) is -1.08. The van der Waals surface area contributed by atoms with Crippen molar-refractivity contribution in [1.29, 1.82) is 0 Å². The highest BCUT2D eigenvalue weighted by atomic mass is 32.1. The van der Waals surface area contributed by atoms with E-state index in [-0.39, 0.29) is 17.6 Å². The zero-order valence-corrected chi connectivity index (χ0v) is 14.4. The van der Waals surface area contributed by atoms with Gasteiger partial charge in [-0.25, -0.2) is 0 Å². The molecule has 0 aliphatic heterocycles. The van der Waals surface area contributed by atoms with E-state index in [0.29, 0.717) is 25.4 Å². The Labute approximate surface area is 137 Å². The van der Waals surface area contributed by atoms with Crippen LogP contribution in [-0.4, -0.2) is 75.7 Å². The second-order valence-corrected chi connectivity index (χ2v) is 5.16. The van der Waals surface area contributed by atoms with Crippen molar-refractivity contribution in [2.45, 2.75) is 12.1 Å². The molecule has 2 unspecified atom stereocenters. The number of thiol groups is 2. The van der Waals surface area contributed by atoms with Gasteiger partial charge in [0, 0.05) is 37.7 Å². The molecule has 0 saturated heterocycles. The van der Waals surface area contributed by atoms with Gasteiger partial charge in [0.25, 0.3) is 0 Å². The lowest BCUT2D eigenvalue weighted by atomic mass is 10.2. The third kappa shape index (κ3) is 9.20. The first-order chi connectivity index (χ1) is 10.1. The lowest BCUT2D eigenvalue weighted by Crippen LogP contribution is -2.55. The second-order valence-electron chi connectivity index (χ2n) is 4.43. The molecule has 124 valence electrons. The van der Waals surface area contributed by atoms with Crippen molar-refractivity contribution in [3.05, 3.63) is 0 Å². The maximum atomic E-state index is 12.1. The Balaban J connectivity index is 4.29. The molecule has 0 radical (unpaired) electrons. The molecule has 0 heterocycles. The van der Waals surface area contributed by atoms with Gasteiger partial charge in [-0.05, 0) is 14.1 Å². The SMILES string of the molecule is CNCCNC(=O)C(CS)NC(=O)C(CS)NCCNC. The predicted octanol–water partition coefficient (Wildman–Crippen LogP) is -2.16. The Morgan fingerprint density at radius 2 is 1.43 bits per heavy atom. The first-order valence-electron chi connectivity index (χ1n) is 6.93. The van der Waals surface area contributed by atoms with Crippen LogP contribution in [0.1, 0.15) is 0 Å². The number of carbonyl (C=O) groups excluding carboxylic acids is 2. The Morgan fingerprint density at radius 3 is 1.95 bits per heavy atom.